The van der Waals surface area contributed by atoms with Crippen LogP contribution in [0.5, 0.6) is 0 Å². The molecule has 0 amide bonds. The van der Waals surface area contributed by atoms with Crippen molar-refractivity contribution in [3.05, 3.63) is 35.4 Å². The number of halogens is 2. The van der Waals surface area contributed by atoms with Gasteiger partial charge in [0.1, 0.15) is 0 Å². The van der Waals surface area contributed by atoms with E-state index < -0.39 is 5.92 Å². The molecule has 1 atom stereocenters. The summed E-state index contributed by atoms with van der Waals surface area (Å²) in [5, 5.41) is 8.84. The summed E-state index contributed by atoms with van der Waals surface area (Å²) >= 11 is 0. The number of rotatable bonds is 3. The van der Waals surface area contributed by atoms with Crippen LogP contribution in [0.15, 0.2) is 24.3 Å². The molecule has 0 bridgehead atoms. The molecule has 0 radical (unpaired) electrons. The van der Waals surface area contributed by atoms with Crippen LogP contribution in [-0.4, -0.2) is 0 Å². The zero-order chi connectivity index (χ0) is 11.5. The normalized spacial score (nSPS) is 13.3. The van der Waals surface area contributed by atoms with Crippen molar-refractivity contribution >= 4 is 0 Å². The van der Waals surface area contributed by atoms with Crippen molar-refractivity contribution in [2.75, 3.05) is 0 Å². The van der Waals surface area contributed by atoms with E-state index in [0.29, 0.717) is 12.0 Å². The Morgan fingerprint density at radius 1 is 1.47 bits per heavy atom. The van der Waals surface area contributed by atoms with Gasteiger partial charge in [-0.3, -0.25) is 0 Å². The summed E-state index contributed by atoms with van der Waals surface area (Å²) in [5.41, 5.74) is 0.632. The molecule has 0 aliphatic rings. The first kappa shape index (κ1) is 11.6. The lowest BCUT2D eigenvalue weighted by Gasteiger charge is -2.13. The summed E-state index contributed by atoms with van der Waals surface area (Å²) in [7, 11) is 0. The van der Waals surface area contributed by atoms with Gasteiger partial charge >= 0.3 is 0 Å². The van der Waals surface area contributed by atoms with Crippen LogP contribution in [0, 0.1) is 11.3 Å². The third kappa shape index (κ3) is 2.76. The maximum atomic E-state index is 13.0. The van der Waals surface area contributed by atoms with Gasteiger partial charge in [-0.2, -0.15) is 5.26 Å². The third-order valence-corrected chi connectivity index (χ3v) is 2.36. The van der Waals surface area contributed by atoms with E-state index in [2.05, 4.69) is 6.07 Å². The zero-order valence-electron chi connectivity index (χ0n) is 8.80. The molecule has 3 heteroatoms. The first-order valence-electron chi connectivity index (χ1n) is 4.87. The van der Waals surface area contributed by atoms with Gasteiger partial charge in [-0.05, 0) is 18.1 Å². The van der Waals surface area contributed by atoms with Gasteiger partial charge in [0.05, 0.1) is 12.0 Å². The molecule has 1 nitrogen and oxygen atoms in total. The number of nitrogens with zero attached hydrogens (tertiary/aromatic N) is 1. The quantitative estimate of drug-likeness (QED) is 0.742. The molecule has 1 aromatic rings. The van der Waals surface area contributed by atoms with Crippen LogP contribution < -0.4 is 0 Å². The summed E-state index contributed by atoms with van der Waals surface area (Å²) in [5.74, 6) is -3.14. The van der Waals surface area contributed by atoms with E-state index >= 15 is 0 Å². The first-order valence-corrected chi connectivity index (χ1v) is 4.87. The molecule has 0 saturated heterocycles. The molecule has 1 rings (SSSR count). The van der Waals surface area contributed by atoms with E-state index in [1.165, 1.54) is 12.1 Å². The molecule has 0 saturated carbocycles. The second-order valence-corrected chi connectivity index (χ2v) is 3.60. The van der Waals surface area contributed by atoms with Crippen LogP contribution in [-0.2, 0) is 5.92 Å². The van der Waals surface area contributed by atoms with Crippen LogP contribution in [0.4, 0.5) is 8.78 Å². The highest BCUT2D eigenvalue weighted by Crippen LogP contribution is 2.29. The minimum atomic E-state index is -2.84. The van der Waals surface area contributed by atoms with Crippen LogP contribution in [0.3, 0.4) is 0 Å². The second kappa shape index (κ2) is 4.39. The lowest BCUT2D eigenvalue weighted by molar-refractivity contribution is 0.0174. The topological polar surface area (TPSA) is 23.8 Å². The number of alkyl halides is 2. The molecule has 0 heterocycles. The second-order valence-electron chi connectivity index (χ2n) is 3.60. The first-order chi connectivity index (χ1) is 6.99. The van der Waals surface area contributed by atoms with Gasteiger partial charge in [0.25, 0.3) is 5.92 Å². The zero-order valence-corrected chi connectivity index (χ0v) is 8.80. The van der Waals surface area contributed by atoms with Crippen LogP contribution in [0.2, 0.25) is 0 Å². The van der Waals surface area contributed by atoms with Crippen molar-refractivity contribution in [1.29, 1.82) is 5.26 Å². The molecule has 0 aliphatic heterocycles. The Morgan fingerprint density at radius 2 is 2.13 bits per heavy atom. The average molecular weight is 209 g/mol. The standard InChI is InChI=1S/C12H13F2N/c1-3-9(8-15)10-5-4-6-11(7-10)12(2,13)14/h4-7,9H,3H2,1-2H3. The maximum Gasteiger partial charge on any atom is 0.270 e. The van der Waals surface area contributed by atoms with Gasteiger partial charge in [0.2, 0.25) is 0 Å². The van der Waals surface area contributed by atoms with E-state index in [4.69, 9.17) is 5.26 Å². The third-order valence-electron chi connectivity index (χ3n) is 2.36. The molecule has 15 heavy (non-hydrogen) atoms. The van der Waals surface area contributed by atoms with Crippen LogP contribution in [0.25, 0.3) is 0 Å². The molecule has 0 spiro atoms. The Balaban J connectivity index is 3.09. The monoisotopic (exact) mass is 209 g/mol. The highest BCUT2D eigenvalue weighted by molar-refractivity contribution is 5.31. The number of benzene rings is 1. The Hall–Kier alpha value is -1.43. The molecule has 0 N–H and O–H groups in total. The molecular formula is C12H13F2N. The molecule has 0 aliphatic carbocycles. The SMILES string of the molecule is CCC(C#N)c1cccc(C(C)(F)F)c1. The summed E-state index contributed by atoms with van der Waals surface area (Å²) in [6, 6.07) is 8.18. The van der Waals surface area contributed by atoms with E-state index in [1.54, 1.807) is 12.1 Å². The molecule has 0 fully saturated rings. The smallest absolute Gasteiger partial charge is 0.202 e. The Morgan fingerprint density at radius 3 is 2.60 bits per heavy atom. The van der Waals surface area contributed by atoms with Gasteiger partial charge in [-0.1, -0.05) is 25.1 Å². The number of hydrogen-bond acceptors (Lipinski definition) is 1. The molecule has 0 aromatic heterocycles. The number of hydrogen-bond donors (Lipinski definition) is 0. The summed E-state index contributed by atoms with van der Waals surface area (Å²) < 4.78 is 26.0. The number of nitriles is 1. The van der Waals surface area contributed by atoms with Crippen LogP contribution >= 0.6 is 0 Å². The minimum Gasteiger partial charge on any atom is -0.202 e. The molecular weight excluding hydrogens is 196 g/mol. The van der Waals surface area contributed by atoms with E-state index in [9.17, 15) is 8.78 Å². The van der Waals surface area contributed by atoms with Gasteiger partial charge in [0.15, 0.2) is 0 Å². The fourth-order valence-corrected chi connectivity index (χ4v) is 1.43. The summed E-state index contributed by atoms with van der Waals surface area (Å²) in [6.45, 7) is 2.73. The Kier molecular flexibility index (Phi) is 3.41. The predicted molar refractivity (Wildman–Crippen MR) is 54.7 cm³/mol. The largest absolute Gasteiger partial charge is 0.270 e. The fourth-order valence-electron chi connectivity index (χ4n) is 1.43. The van der Waals surface area contributed by atoms with Crippen molar-refractivity contribution in [3.63, 3.8) is 0 Å². The van der Waals surface area contributed by atoms with E-state index in [-0.39, 0.29) is 11.5 Å². The Labute approximate surface area is 88.3 Å². The highest BCUT2D eigenvalue weighted by atomic mass is 19.3. The van der Waals surface area contributed by atoms with Crippen molar-refractivity contribution in [1.82, 2.24) is 0 Å². The molecule has 1 unspecified atom stereocenters. The van der Waals surface area contributed by atoms with Gasteiger partial charge in [0, 0.05) is 12.5 Å². The fraction of sp³-hybridized carbons (Fsp3) is 0.417. The van der Waals surface area contributed by atoms with Gasteiger partial charge in [-0.25, -0.2) is 8.78 Å². The summed E-state index contributed by atoms with van der Waals surface area (Å²) in [4.78, 5) is 0. The van der Waals surface area contributed by atoms with Crippen molar-refractivity contribution in [2.45, 2.75) is 32.1 Å². The average Bonchev–Trinajstić information content (AvgIpc) is 2.19. The molecule has 1 aromatic carbocycles. The minimum absolute atomic E-state index is 0.0336. The lowest BCUT2D eigenvalue weighted by atomic mass is 9.95. The van der Waals surface area contributed by atoms with Gasteiger partial charge < -0.3 is 0 Å². The van der Waals surface area contributed by atoms with Crippen molar-refractivity contribution in [3.8, 4) is 6.07 Å². The van der Waals surface area contributed by atoms with E-state index in [0.717, 1.165) is 6.92 Å². The van der Waals surface area contributed by atoms with Crippen LogP contribution in [0.1, 0.15) is 37.3 Å². The van der Waals surface area contributed by atoms with Gasteiger partial charge in [-0.15, -0.1) is 0 Å². The van der Waals surface area contributed by atoms with Crippen molar-refractivity contribution < 1.29 is 8.78 Å². The predicted octanol–water partition coefficient (Wildman–Crippen LogP) is 3.82. The van der Waals surface area contributed by atoms with E-state index in [1.807, 2.05) is 6.92 Å². The molecule has 80 valence electrons. The lowest BCUT2D eigenvalue weighted by Crippen LogP contribution is -2.08. The van der Waals surface area contributed by atoms with Crippen molar-refractivity contribution in [2.24, 2.45) is 0 Å². The Bertz CT molecular complexity index is 374. The maximum absolute atomic E-state index is 13.0. The highest BCUT2D eigenvalue weighted by Gasteiger charge is 2.24. The summed E-state index contributed by atoms with van der Waals surface area (Å²) in [6.07, 6.45) is 0.634.